The van der Waals surface area contributed by atoms with Gasteiger partial charge in [-0.05, 0) is 19.8 Å². The highest BCUT2D eigenvalue weighted by Crippen LogP contribution is 2.26. The molecule has 0 bridgehead atoms. The summed E-state index contributed by atoms with van der Waals surface area (Å²) >= 11 is 0. The lowest BCUT2D eigenvalue weighted by Crippen LogP contribution is -2.55. The molecule has 0 saturated carbocycles. The fourth-order valence-electron chi connectivity index (χ4n) is 2.51. The maximum absolute atomic E-state index is 5.99. The van der Waals surface area contributed by atoms with Gasteiger partial charge in [0.15, 0.2) is 0 Å². The van der Waals surface area contributed by atoms with Crippen LogP contribution in [0.1, 0.15) is 39.4 Å². The van der Waals surface area contributed by atoms with E-state index >= 15 is 0 Å². The van der Waals surface area contributed by atoms with Crippen molar-refractivity contribution in [2.75, 3.05) is 6.61 Å². The first-order valence-corrected chi connectivity index (χ1v) is 6.69. The molecule has 0 radical (unpaired) electrons. The number of aryl methyl sites for hydroxylation is 1. The second kappa shape index (κ2) is 6.87. The predicted molar refractivity (Wildman–Crippen MR) is 73.0 cm³/mol. The zero-order valence-electron chi connectivity index (χ0n) is 11.9. The minimum atomic E-state index is -0.227. The lowest BCUT2D eigenvalue weighted by molar-refractivity contribution is -0.0724. The number of nitrogens with two attached hydrogens (primary N) is 1. The number of ether oxygens (including phenoxy) is 1. The van der Waals surface area contributed by atoms with Gasteiger partial charge in [-0.1, -0.05) is 13.8 Å². The second-order valence-corrected chi connectivity index (χ2v) is 4.58. The molecule has 1 aromatic heterocycles. The molecule has 1 unspecified atom stereocenters. The van der Waals surface area contributed by atoms with Crippen molar-refractivity contribution in [1.29, 1.82) is 0 Å². The Kier molecular flexibility index (Phi) is 5.78. The van der Waals surface area contributed by atoms with Crippen LogP contribution in [0.3, 0.4) is 0 Å². The van der Waals surface area contributed by atoms with Crippen molar-refractivity contribution >= 4 is 0 Å². The third kappa shape index (κ3) is 3.10. The number of hydrogen-bond donors (Lipinski definition) is 2. The van der Waals surface area contributed by atoms with Crippen LogP contribution in [0.5, 0.6) is 0 Å². The Morgan fingerprint density at radius 2 is 2.11 bits per heavy atom. The quantitative estimate of drug-likeness (QED) is 0.543. The van der Waals surface area contributed by atoms with E-state index in [9.17, 15) is 0 Å². The molecular weight excluding hydrogens is 228 g/mol. The number of hydrazine groups is 1. The summed E-state index contributed by atoms with van der Waals surface area (Å²) < 4.78 is 8.01. The average molecular weight is 254 g/mol. The summed E-state index contributed by atoms with van der Waals surface area (Å²) in [6.07, 6.45) is 6.38. The molecule has 0 aliphatic carbocycles. The van der Waals surface area contributed by atoms with E-state index in [1.807, 2.05) is 30.9 Å². The van der Waals surface area contributed by atoms with Gasteiger partial charge in [0.05, 0.1) is 11.6 Å². The minimum Gasteiger partial charge on any atom is -0.374 e. The highest BCUT2D eigenvalue weighted by molar-refractivity contribution is 5.00. The summed E-state index contributed by atoms with van der Waals surface area (Å²) in [7, 11) is 2.00. The molecule has 104 valence electrons. The van der Waals surface area contributed by atoms with E-state index in [-0.39, 0.29) is 11.6 Å². The van der Waals surface area contributed by atoms with E-state index in [2.05, 4.69) is 24.3 Å². The molecule has 1 rings (SSSR count). The molecule has 0 aromatic carbocycles. The number of aromatic nitrogens is 2. The van der Waals surface area contributed by atoms with Crippen LogP contribution in [0.2, 0.25) is 0 Å². The van der Waals surface area contributed by atoms with Crippen molar-refractivity contribution in [3.8, 4) is 0 Å². The van der Waals surface area contributed by atoms with E-state index in [0.29, 0.717) is 6.61 Å². The summed E-state index contributed by atoms with van der Waals surface area (Å²) in [6.45, 7) is 7.00. The van der Waals surface area contributed by atoms with Crippen LogP contribution in [0.25, 0.3) is 0 Å². The van der Waals surface area contributed by atoms with E-state index in [0.717, 1.165) is 25.1 Å². The Morgan fingerprint density at radius 3 is 2.50 bits per heavy atom. The Bertz CT molecular complexity index is 347. The van der Waals surface area contributed by atoms with Gasteiger partial charge in [-0.25, -0.2) is 4.98 Å². The largest absolute Gasteiger partial charge is 0.374 e. The second-order valence-electron chi connectivity index (χ2n) is 4.58. The number of hydrogen-bond acceptors (Lipinski definition) is 4. The molecule has 0 fully saturated rings. The zero-order chi connectivity index (χ0) is 13.6. The molecule has 0 saturated heterocycles. The van der Waals surface area contributed by atoms with Crippen LogP contribution >= 0.6 is 0 Å². The van der Waals surface area contributed by atoms with Gasteiger partial charge >= 0.3 is 0 Å². The third-order valence-corrected chi connectivity index (χ3v) is 3.77. The summed E-state index contributed by atoms with van der Waals surface area (Å²) in [4.78, 5) is 4.36. The van der Waals surface area contributed by atoms with Gasteiger partial charge in [-0.15, -0.1) is 0 Å². The molecule has 0 spiro atoms. The fraction of sp³-hybridized carbons (Fsp3) is 0.769. The molecule has 0 aliphatic rings. The number of imidazole rings is 1. The maximum Gasteiger partial charge on any atom is 0.110 e. The summed E-state index contributed by atoms with van der Waals surface area (Å²) in [5, 5.41) is 0. The van der Waals surface area contributed by atoms with E-state index in [4.69, 9.17) is 10.6 Å². The summed E-state index contributed by atoms with van der Waals surface area (Å²) in [5.41, 5.74) is 2.69. The Hall–Kier alpha value is -0.910. The fourth-order valence-corrected chi connectivity index (χ4v) is 2.51. The highest BCUT2D eigenvalue weighted by Gasteiger charge is 2.36. The van der Waals surface area contributed by atoms with Crippen molar-refractivity contribution in [3.63, 3.8) is 0 Å². The Balaban J connectivity index is 2.88. The molecule has 18 heavy (non-hydrogen) atoms. The minimum absolute atomic E-state index is 0.0635. The lowest BCUT2D eigenvalue weighted by atomic mass is 9.86. The summed E-state index contributed by atoms with van der Waals surface area (Å²) in [6, 6.07) is 0.0635. The molecule has 5 nitrogen and oxygen atoms in total. The number of nitrogens with one attached hydrogen (secondary N) is 1. The molecule has 3 N–H and O–H groups in total. The van der Waals surface area contributed by atoms with Crippen LogP contribution in [0.15, 0.2) is 12.4 Å². The lowest BCUT2D eigenvalue weighted by Gasteiger charge is -2.39. The first kappa shape index (κ1) is 15.1. The van der Waals surface area contributed by atoms with Gasteiger partial charge in [0.25, 0.3) is 0 Å². The Morgan fingerprint density at radius 1 is 1.44 bits per heavy atom. The van der Waals surface area contributed by atoms with Crippen molar-refractivity contribution in [2.24, 2.45) is 12.9 Å². The molecule has 5 heteroatoms. The highest BCUT2D eigenvalue weighted by atomic mass is 16.5. The first-order chi connectivity index (χ1) is 8.63. The van der Waals surface area contributed by atoms with Gasteiger partial charge in [-0.3, -0.25) is 11.3 Å². The van der Waals surface area contributed by atoms with Crippen molar-refractivity contribution in [1.82, 2.24) is 15.0 Å². The topological polar surface area (TPSA) is 65.1 Å². The molecule has 0 aliphatic heterocycles. The van der Waals surface area contributed by atoms with Crippen molar-refractivity contribution in [2.45, 2.75) is 51.7 Å². The maximum atomic E-state index is 5.99. The van der Waals surface area contributed by atoms with Gasteiger partial charge in [0, 0.05) is 32.5 Å². The molecule has 1 atom stereocenters. The molecule has 1 heterocycles. The standard InChI is InChI=1S/C13H26N4O/c1-5-13(6-2,18-7-3)11(16-14)10-12-15-8-9-17(12)4/h8-9,11,16H,5-7,10,14H2,1-4H3. The average Bonchev–Trinajstić information content (AvgIpc) is 2.79. The monoisotopic (exact) mass is 254 g/mol. The predicted octanol–water partition coefficient (Wildman–Crippen LogP) is 1.39. The van der Waals surface area contributed by atoms with Crippen LogP contribution in [0, 0.1) is 0 Å². The molecule has 1 aromatic rings. The van der Waals surface area contributed by atoms with Crippen LogP contribution < -0.4 is 11.3 Å². The normalized spacial score (nSPS) is 13.8. The first-order valence-electron chi connectivity index (χ1n) is 6.69. The molecule has 0 amide bonds. The van der Waals surface area contributed by atoms with Crippen molar-refractivity contribution < 1.29 is 4.74 Å². The van der Waals surface area contributed by atoms with Crippen LogP contribution in [-0.4, -0.2) is 27.8 Å². The van der Waals surface area contributed by atoms with Gasteiger partial charge in [-0.2, -0.15) is 0 Å². The SMILES string of the molecule is CCOC(CC)(CC)C(Cc1nccn1C)NN. The zero-order valence-corrected chi connectivity index (χ0v) is 11.9. The van der Waals surface area contributed by atoms with Crippen molar-refractivity contribution in [3.05, 3.63) is 18.2 Å². The van der Waals surface area contributed by atoms with Gasteiger partial charge in [0.2, 0.25) is 0 Å². The van der Waals surface area contributed by atoms with E-state index < -0.39 is 0 Å². The van der Waals surface area contributed by atoms with Gasteiger partial charge in [0.1, 0.15) is 5.82 Å². The van der Waals surface area contributed by atoms with Crippen LogP contribution in [-0.2, 0) is 18.2 Å². The van der Waals surface area contributed by atoms with Crippen LogP contribution in [0.4, 0.5) is 0 Å². The smallest absolute Gasteiger partial charge is 0.110 e. The number of rotatable bonds is 8. The van der Waals surface area contributed by atoms with Gasteiger partial charge < -0.3 is 9.30 Å². The molecular formula is C13H26N4O. The van der Waals surface area contributed by atoms with E-state index in [1.165, 1.54) is 0 Å². The Labute approximate surface area is 110 Å². The van der Waals surface area contributed by atoms with E-state index in [1.54, 1.807) is 0 Å². The summed E-state index contributed by atoms with van der Waals surface area (Å²) in [5.74, 6) is 6.76. The third-order valence-electron chi connectivity index (χ3n) is 3.77. The number of nitrogens with zero attached hydrogens (tertiary/aromatic N) is 2.